The standard InChI is InChI=1S/C18H21N5O2S/c19-16-17(25)23(8-7-20-16)10-11-5-6-13-15(9-11)26-18(22-13)21-12-3-1-2-4-14(12)24/h5-9,12,14,24H,1-4,10H2,(H2,19,20)(H,21,22)/t12-,14-/m1/s1. The molecule has 2 heterocycles. The van der Waals surface area contributed by atoms with E-state index in [2.05, 4.69) is 15.3 Å². The third-order valence-electron chi connectivity index (χ3n) is 4.78. The van der Waals surface area contributed by atoms with E-state index in [0.29, 0.717) is 6.54 Å². The van der Waals surface area contributed by atoms with Crippen molar-refractivity contribution in [2.45, 2.75) is 44.4 Å². The van der Waals surface area contributed by atoms with Crippen LogP contribution in [0.4, 0.5) is 10.9 Å². The topological polar surface area (TPSA) is 106 Å². The van der Waals surface area contributed by atoms with Gasteiger partial charge in [0.05, 0.1) is 28.9 Å². The van der Waals surface area contributed by atoms with Crippen LogP contribution < -0.4 is 16.6 Å². The Hall–Kier alpha value is -2.45. The molecular weight excluding hydrogens is 350 g/mol. The van der Waals surface area contributed by atoms with E-state index in [9.17, 15) is 9.90 Å². The van der Waals surface area contributed by atoms with E-state index in [1.165, 1.54) is 6.20 Å². The minimum absolute atomic E-state index is 0.00361. The Labute approximate surface area is 154 Å². The molecule has 1 aromatic carbocycles. The largest absolute Gasteiger partial charge is 0.391 e. The summed E-state index contributed by atoms with van der Waals surface area (Å²) in [6, 6.07) is 6.03. The summed E-state index contributed by atoms with van der Waals surface area (Å²) in [4.78, 5) is 20.4. The highest BCUT2D eigenvalue weighted by atomic mass is 32.1. The first kappa shape index (κ1) is 17.0. The van der Waals surface area contributed by atoms with Crippen LogP contribution in [0, 0.1) is 0 Å². The highest BCUT2D eigenvalue weighted by molar-refractivity contribution is 7.22. The number of hydrogen-bond acceptors (Lipinski definition) is 7. The SMILES string of the molecule is Nc1nccn(Cc2ccc3nc(N[C@@H]4CCCC[C@H]4O)sc3c2)c1=O. The quantitative estimate of drug-likeness (QED) is 0.649. The second-order valence-corrected chi connectivity index (χ2v) is 7.70. The monoisotopic (exact) mass is 371 g/mol. The average Bonchev–Trinajstić information content (AvgIpc) is 3.02. The van der Waals surface area contributed by atoms with Gasteiger partial charge in [0.2, 0.25) is 0 Å². The van der Waals surface area contributed by atoms with E-state index in [1.807, 2.05) is 18.2 Å². The van der Waals surface area contributed by atoms with E-state index in [1.54, 1.807) is 22.1 Å². The number of fused-ring (bicyclic) bond motifs is 1. The van der Waals surface area contributed by atoms with Gasteiger partial charge in [-0.15, -0.1) is 0 Å². The van der Waals surface area contributed by atoms with E-state index < -0.39 is 0 Å². The number of nitrogens with two attached hydrogens (primary N) is 1. The predicted octanol–water partition coefficient (Wildman–Crippen LogP) is 2.20. The lowest BCUT2D eigenvalue weighted by Gasteiger charge is -2.27. The average molecular weight is 371 g/mol. The number of thiazole rings is 1. The van der Waals surface area contributed by atoms with Gasteiger partial charge in [-0.2, -0.15) is 0 Å². The molecule has 8 heteroatoms. The molecule has 1 fully saturated rings. The van der Waals surface area contributed by atoms with Gasteiger partial charge in [-0.1, -0.05) is 30.2 Å². The fraction of sp³-hybridized carbons (Fsp3) is 0.389. The van der Waals surface area contributed by atoms with Gasteiger partial charge in [-0.25, -0.2) is 9.97 Å². The van der Waals surface area contributed by atoms with Gasteiger partial charge in [-0.3, -0.25) is 4.79 Å². The lowest BCUT2D eigenvalue weighted by atomic mass is 9.93. The Kier molecular flexibility index (Phi) is 4.60. The Morgan fingerprint density at radius 1 is 1.35 bits per heavy atom. The molecule has 3 aromatic rings. The number of rotatable bonds is 4. The molecule has 4 N–H and O–H groups in total. The van der Waals surface area contributed by atoms with Gasteiger partial charge >= 0.3 is 0 Å². The summed E-state index contributed by atoms with van der Waals surface area (Å²) >= 11 is 1.57. The summed E-state index contributed by atoms with van der Waals surface area (Å²) in [5.74, 6) is 0.00361. The molecule has 0 saturated heterocycles. The third kappa shape index (κ3) is 3.42. The Morgan fingerprint density at radius 2 is 2.19 bits per heavy atom. The first-order valence-corrected chi connectivity index (χ1v) is 9.57. The Bertz CT molecular complexity index is 983. The van der Waals surface area contributed by atoms with Crippen LogP contribution in [0.2, 0.25) is 0 Å². The van der Waals surface area contributed by atoms with Crippen molar-refractivity contribution in [3.05, 3.63) is 46.5 Å². The number of benzene rings is 1. The molecule has 1 saturated carbocycles. The van der Waals surface area contributed by atoms with E-state index in [4.69, 9.17) is 5.73 Å². The van der Waals surface area contributed by atoms with Crippen molar-refractivity contribution in [3.8, 4) is 0 Å². The molecule has 0 radical (unpaired) electrons. The van der Waals surface area contributed by atoms with Crippen molar-refractivity contribution in [2.24, 2.45) is 0 Å². The zero-order valence-corrected chi connectivity index (χ0v) is 15.1. The maximum Gasteiger partial charge on any atom is 0.293 e. The first-order chi connectivity index (χ1) is 12.6. The summed E-state index contributed by atoms with van der Waals surface area (Å²) in [5.41, 5.74) is 7.21. The number of aliphatic hydroxyl groups is 1. The van der Waals surface area contributed by atoms with Crippen molar-refractivity contribution < 1.29 is 5.11 Å². The van der Waals surface area contributed by atoms with Crippen molar-refractivity contribution >= 4 is 32.5 Å². The van der Waals surface area contributed by atoms with Gasteiger partial charge in [0.1, 0.15) is 0 Å². The smallest absolute Gasteiger partial charge is 0.293 e. The number of nitrogen functional groups attached to an aromatic ring is 1. The molecule has 7 nitrogen and oxygen atoms in total. The molecule has 136 valence electrons. The van der Waals surface area contributed by atoms with E-state index in [-0.39, 0.29) is 23.5 Å². The minimum Gasteiger partial charge on any atom is -0.391 e. The molecule has 0 amide bonds. The summed E-state index contributed by atoms with van der Waals surface area (Å²) in [6.07, 6.45) is 6.88. The second-order valence-electron chi connectivity index (χ2n) is 6.67. The Balaban J connectivity index is 1.55. The first-order valence-electron chi connectivity index (χ1n) is 8.75. The molecule has 2 atom stereocenters. The highest BCUT2D eigenvalue weighted by Gasteiger charge is 2.23. The highest BCUT2D eigenvalue weighted by Crippen LogP contribution is 2.29. The molecule has 1 aliphatic rings. The second kappa shape index (κ2) is 7.05. The predicted molar refractivity (Wildman–Crippen MR) is 104 cm³/mol. The molecule has 2 aromatic heterocycles. The van der Waals surface area contributed by atoms with Gasteiger partial charge in [-0.05, 0) is 30.5 Å². The molecular formula is C18H21N5O2S. The fourth-order valence-electron chi connectivity index (χ4n) is 3.35. The van der Waals surface area contributed by atoms with Gasteiger partial charge in [0.15, 0.2) is 10.9 Å². The van der Waals surface area contributed by atoms with Gasteiger partial charge in [0.25, 0.3) is 5.56 Å². The Morgan fingerprint density at radius 3 is 3.04 bits per heavy atom. The maximum absolute atomic E-state index is 12.0. The molecule has 4 rings (SSSR count). The number of nitrogens with zero attached hydrogens (tertiary/aromatic N) is 3. The van der Waals surface area contributed by atoms with Gasteiger partial charge in [0, 0.05) is 12.4 Å². The minimum atomic E-state index is -0.310. The van der Waals surface area contributed by atoms with Crippen LogP contribution in [0.15, 0.2) is 35.4 Å². The third-order valence-corrected chi connectivity index (χ3v) is 5.73. The summed E-state index contributed by atoms with van der Waals surface area (Å²) in [7, 11) is 0. The molecule has 0 bridgehead atoms. The van der Waals surface area contributed by atoms with Crippen LogP contribution in [0.25, 0.3) is 10.2 Å². The maximum atomic E-state index is 12.0. The van der Waals surface area contributed by atoms with Crippen LogP contribution in [0.1, 0.15) is 31.2 Å². The number of aliphatic hydroxyl groups excluding tert-OH is 1. The number of anilines is 2. The fourth-order valence-corrected chi connectivity index (χ4v) is 4.34. The van der Waals surface area contributed by atoms with Crippen LogP contribution >= 0.6 is 11.3 Å². The molecule has 1 aliphatic carbocycles. The van der Waals surface area contributed by atoms with Gasteiger partial charge < -0.3 is 20.7 Å². The van der Waals surface area contributed by atoms with Crippen molar-refractivity contribution in [2.75, 3.05) is 11.1 Å². The number of aromatic nitrogens is 3. The van der Waals surface area contributed by atoms with E-state index >= 15 is 0 Å². The zero-order valence-electron chi connectivity index (χ0n) is 14.3. The lowest BCUT2D eigenvalue weighted by molar-refractivity contribution is 0.116. The molecule has 0 unspecified atom stereocenters. The van der Waals surface area contributed by atoms with E-state index in [0.717, 1.165) is 46.6 Å². The van der Waals surface area contributed by atoms with Crippen molar-refractivity contribution in [1.29, 1.82) is 0 Å². The number of hydrogen-bond donors (Lipinski definition) is 3. The molecule has 26 heavy (non-hydrogen) atoms. The zero-order chi connectivity index (χ0) is 18.1. The van der Waals surface area contributed by atoms with Crippen LogP contribution in [0.3, 0.4) is 0 Å². The van der Waals surface area contributed by atoms with Crippen LogP contribution in [-0.4, -0.2) is 31.8 Å². The number of nitrogens with one attached hydrogen (secondary N) is 1. The van der Waals surface area contributed by atoms with Crippen molar-refractivity contribution in [3.63, 3.8) is 0 Å². The van der Waals surface area contributed by atoms with Crippen LogP contribution in [0.5, 0.6) is 0 Å². The van der Waals surface area contributed by atoms with Crippen LogP contribution in [-0.2, 0) is 6.54 Å². The summed E-state index contributed by atoms with van der Waals surface area (Å²) < 4.78 is 2.59. The normalized spacial score (nSPS) is 20.3. The lowest BCUT2D eigenvalue weighted by Crippen LogP contribution is -2.36. The summed E-state index contributed by atoms with van der Waals surface area (Å²) in [6.45, 7) is 0.434. The summed E-state index contributed by atoms with van der Waals surface area (Å²) in [5, 5.41) is 14.3. The molecule has 0 aliphatic heterocycles. The van der Waals surface area contributed by atoms with Crippen molar-refractivity contribution in [1.82, 2.24) is 14.5 Å². The molecule has 0 spiro atoms.